The number of hydrogen-bond donors (Lipinski definition) is 2. The van der Waals surface area contributed by atoms with Crippen molar-refractivity contribution in [1.29, 1.82) is 0 Å². The molecule has 1 aromatic heterocycles. The van der Waals surface area contributed by atoms with Crippen LogP contribution >= 0.6 is 0 Å². The third-order valence-corrected chi connectivity index (χ3v) is 4.44. The Morgan fingerprint density at radius 1 is 1.29 bits per heavy atom. The number of nitrogens with zero attached hydrogens (tertiary/aromatic N) is 2. The molecule has 0 aliphatic carbocycles. The Balaban J connectivity index is 1.48. The van der Waals surface area contributed by atoms with Crippen LogP contribution in [0.5, 0.6) is 5.75 Å². The Hall–Kier alpha value is -3.68. The lowest BCUT2D eigenvalue weighted by Crippen LogP contribution is -2.56. The summed E-state index contributed by atoms with van der Waals surface area (Å²) < 4.78 is 20.5. The Morgan fingerprint density at radius 2 is 2.11 bits per heavy atom. The number of nitrogens with one attached hydrogen (secondary N) is 2. The molecule has 4 rings (SSSR count). The molecular formula is C20H17FN4O3. The van der Waals surface area contributed by atoms with Crippen molar-refractivity contribution >= 4 is 23.2 Å². The highest BCUT2D eigenvalue weighted by molar-refractivity contribution is 6.18. The van der Waals surface area contributed by atoms with Crippen LogP contribution in [0.4, 0.5) is 15.8 Å². The molecule has 0 saturated heterocycles. The van der Waals surface area contributed by atoms with E-state index >= 15 is 0 Å². The van der Waals surface area contributed by atoms with E-state index in [4.69, 9.17) is 4.74 Å². The first kappa shape index (κ1) is 17.7. The van der Waals surface area contributed by atoms with Crippen molar-refractivity contribution in [3.05, 3.63) is 72.3 Å². The molecule has 0 saturated carbocycles. The lowest BCUT2D eigenvalue weighted by atomic mass is 10.0. The second kappa shape index (κ2) is 6.80. The molecule has 142 valence electrons. The predicted molar refractivity (Wildman–Crippen MR) is 100 cm³/mol. The molecule has 2 aromatic carbocycles. The van der Waals surface area contributed by atoms with Crippen molar-refractivity contribution < 1.29 is 18.7 Å². The van der Waals surface area contributed by atoms with Gasteiger partial charge in [-0.25, -0.2) is 4.39 Å². The normalized spacial score (nSPS) is 18.0. The molecule has 1 aliphatic rings. The molecule has 1 atom stereocenters. The molecule has 7 nitrogen and oxygen atoms in total. The molecule has 0 spiro atoms. The van der Waals surface area contributed by atoms with E-state index in [-0.39, 0.29) is 5.82 Å². The van der Waals surface area contributed by atoms with Gasteiger partial charge in [-0.1, -0.05) is 24.3 Å². The summed E-state index contributed by atoms with van der Waals surface area (Å²) in [5.74, 6) is -1.09. The third kappa shape index (κ3) is 3.32. The number of amides is 2. The monoisotopic (exact) mass is 380 g/mol. The quantitative estimate of drug-likeness (QED) is 0.682. The van der Waals surface area contributed by atoms with Crippen LogP contribution in [-0.4, -0.2) is 27.2 Å². The number of benzene rings is 2. The number of halogens is 1. The van der Waals surface area contributed by atoms with Gasteiger partial charge in [0.1, 0.15) is 11.6 Å². The Labute approximate surface area is 160 Å². The van der Waals surface area contributed by atoms with Crippen LogP contribution in [0.25, 0.3) is 0 Å². The highest BCUT2D eigenvalue weighted by Crippen LogP contribution is 2.33. The minimum absolute atomic E-state index is 0.327. The van der Waals surface area contributed by atoms with E-state index < -0.39 is 17.4 Å². The molecule has 28 heavy (non-hydrogen) atoms. The maximum atomic E-state index is 13.3. The van der Waals surface area contributed by atoms with E-state index in [2.05, 4.69) is 15.7 Å². The number of fused-ring (bicyclic) bond motifs is 1. The van der Waals surface area contributed by atoms with E-state index in [1.165, 1.54) is 25.3 Å². The van der Waals surface area contributed by atoms with Crippen molar-refractivity contribution in [1.82, 2.24) is 9.78 Å². The van der Waals surface area contributed by atoms with Gasteiger partial charge >= 0.3 is 0 Å². The minimum Gasteiger partial charge on any atom is -0.466 e. The van der Waals surface area contributed by atoms with Crippen LogP contribution in [0, 0.1) is 5.82 Å². The standard InChI is InChI=1S/C20H17FN4O3/c1-20(19(27)24-16-7-2-3-8-17(16)28-20)18(26)23-15-10-22-25(12-15)11-13-5-4-6-14(21)9-13/h2-10,12H,11H2,1H3,(H,23,26)(H,24,27). The Bertz CT molecular complexity index is 1060. The van der Waals surface area contributed by atoms with Crippen molar-refractivity contribution in [3.63, 3.8) is 0 Å². The number of rotatable bonds is 4. The number of anilines is 2. The SMILES string of the molecule is CC1(C(=O)Nc2cnn(Cc3cccc(F)c3)c2)Oc2ccccc2NC1=O. The maximum Gasteiger partial charge on any atom is 0.278 e. The van der Waals surface area contributed by atoms with Gasteiger partial charge in [0.25, 0.3) is 17.4 Å². The minimum atomic E-state index is -1.72. The number of hydrogen-bond acceptors (Lipinski definition) is 4. The number of carbonyl (C=O) groups is 2. The van der Waals surface area contributed by atoms with Gasteiger partial charge in [0.2, 0.25) is 0 Å². The van der Waals surface area contributed by atoms with Crippen LogP contribution in [0.2, 0.25) is 0 Å². The molecule has 2 amide bonds. The van der Waals surface area contributed by atoms with Gasteiger partial charge in [0.15, 0.2) is 0 Å². The molecule has 1 unspecified atom stereocenters. The largest absolute Gasteiger partial charge is 0.466 e. The van der Waals surface area contributed by atoms with Crippen molar-refractivity contribution in [3.8, 4) is 5.75 Å². The number of aromatic nitrogens is 2. The molecule has 8 heteroatoms. The topological polar surface area (TPSA) is 85.2 Å². The first-order chi connectivity index (χ1) is 13.4. The molecular weight excluding hydrogens is 363 g/mol. The van der Waals surface area contributed by atoms with Crippen molar-refractivity contribution in [2.45, 2.75) is 19.1 Å². The van der Waals surface area contributed by atoms with Crippen molar-refractivity contribution in [2.24, 2.45) is 0 Å². The second-order valence-electron chi connectivity index (χ2n) is 6.60. The molecule has 0 bridgehead atoms. The summed E-state index contributed by atoms with van der Waals surface area (Å²) in [6, 6.07) is 13.1. The summed E-state index contributed by atoms with van der Waals surface area (Å²) in [6.07, 6.45) is 3.05. The smallest absolute Gasteiger partial charge is 0.278 e. The summed E-state index contributed by atoms with van der Waals surface area (Å²) >= 11 is 0. The average molecular weight is 380 g/mol. The molecule has 0 radical (unpaired) electrons. The van der Waals surface area contributed by atoms with Crippen LogP contribution in [-0.2, 0) is 16.1 Å². The van der Waals surface area contributed by atoms with E-state index in [0.717, 1.165) is 5.56 Å². The molecule has 0 fully saturated rings. The highest BCUT2D eigenvalue weighted by Gasteiger charge is 2.47. The molecule has 3 aromatic rings. The predicted octanol–water partition coefficient (Wildman–Crippen LogP) is 2.80. The van der Waals surface area contributed by atoms with Crippen LogP contribution in [0.1, 0.15) is 12.5 Å². The first-order valence-corrected chi connectivity index (χ1v) is 8.62. The zero-order valence-electron chi connectivity index (χ0n) is 15.0. The lowest BCUT2D eigenvalue weighted by molar-refractivity contribution is -0.143. The average Bonchev–Trinajstić information content (AvgIpc) is 3.09. The summed E-state index contributed by atoms with van der Waals surface area (Å²) in [5.41, 5.74) is -0.0722. The fourth-order valence-electron chi connectivity index (χ4n) is 2.90. The van der Waals surface area contributed by atoms with E-state index in [1.54, 1.807) is 47.3 Å². The molecule has 1 aliphatic heterocycles. The van der Waals surface area contributed by atoms with Gasteiger partial charge in [-0.2, -0.15) is 5.10 Å². The number of para-hydroxylation sites is 2. The van der Waals surface area contributed by atoms with Gasteiger partial charge in [-0.15, -0.1) is 0 Å². The van der Waals surface area contributed by atoms with Crippen LogP contribution in [0.3, 0.4) is 0 Å². The van der Waals surface area contributed by atoms with Crippen LogP contribution in [0.15, 0.2) is 60.9 Å². The number of carbonyl (C=O) groups excluding carboxylic acids is 2. The first-order valence-electron chi connectivity index (χ1n) is 8.62. The third-order valence-electron chi connectivity index (χ3n) is 4.44. The second-order valence-corrected chi connectivity index (χ2v) is 6.60. The zero-order chi connectivity index (χ0) is 19.7. The fraction of sp³-hybridized carbons (Fsp3) is 0.150. The summed E-state index contributed by atoms with van der Waals surface area (Å²) in [5, 5.41) is 9.48. The van der Waals surface area contributed by atoms with E-state index in [0.29, 0.717) is 23.7 Å². The zero-order valence-corrected chi connectivity index (χ0v) is 15.0. The molecule has 2 heterocycles. The summed E-state index contributed by atoms with van der Waals surface area (Å²) in [6.45, 7) is 1.75. The van der Waals surface area contributed by atoms with Gasteiger partial charge in [-0.05, 0) is 36.8 Å². The van der Waals surface area contributed by atoms with Gasteiger partial charge < -0.3 is 15.4 Å². The molecule has 2 N–H and O–H groups in total. The fourth-order valence-corrected chi connectivity index (χ4v) is 2.90. The number of ether oxygens (including phenoxy) is 1. The van der Waals surface area contributed by atoms with E-state index in [1.807, 2.05) is 0 Å². The Kier molecular flexibility index (Phi) is 4.31. The van der Waals surface area contributed by atoms with Gasteiger partial charge in [0, 0.05) is 6.20 Å². The summed E-state index contributed by atoms with van der Waals surface area (Å²) in [7, 11) is 0. The van der Waals surface area contributed by atoms with Crippen LogP contribution < -0.4 is 15.4 Å². The van der Waals surface area contributed by atoms with E-state index in [9.17, 15) is 14.0 Å². The Morgan fingerprint density at radius 3 is 2.93 bits per heavy atom. The van der Waals surface area contributed by atoms with Gasteiger partial charge in [-0.3, -0.25) is 14.3 Å². The van der Waals surface area contributed by atoms with Gasteiger partial charge in [0.05, 0.1) is 24.1 Å². The summed E-state index contributed by atoms with van der Waals surface area (Å²) in [4.78, 5) is 25.2. The van der Waals surface area contributed by atoms with Crippen molar-refractivity contribution in [2.75, 3.05) is 10.6 Å². The highest BCUT2D eigenvalue weighted by atomic mass is 19.1. The lowest BCUT2D eigenvalue weighted by Gasteiger charge is -2.33. The maximum absolute atomic E-state index is 13.3.